The van der Waals surface area contributed by atoms with Crippen molar-refractivity contribution >= 4 is 57.6 Å². The lowest BCUT2D eigenvalue weighted by Gasteiger charge is -2.34. The van der Waals surface area contributed by atoms with Gasteiger partial charge in [0, 0.05) is 44.1 Å². The van der Waals surface area contributed by atoms with Crippen molar-refractivity contribution in [2.75, 3.05) is 44.7 Å². The summed E-state index contributed by atoms with van der Waals surface area (Å²) in [6.45, 7) is 6.80. The van der Waals surface area contributed by atoms with E-state index in [-0.39, 0.29) is 24.0 Å². The second kappa shape index (κ2) is 12.3. The van der Waals surface area contributed by atoms with E-state index in [1.54, 1.807) is 0 Å². The number of hydrogen-bond acceptors (Lipinski definition) is 5. The molecule has 0 bridgehead atoms. The third-order valence-corrected chi connectivity index (χ3v) is 7.89. The molecule has 2 saturated heterocycles. The Balaban J connectivity index is 0.00000256. The average molecular weight is 560 g/mol. The van der Waals surface area contributed by atoms with Gasteiger partial charge < -0.3 is 15.5 Å². The van der Waals surface area contributed by atoms with Crippen molar-refractivity contribution in [3.63, 3.8) is 0 Å². The first-order valence-electron chi connectivity index (χ1n) is 10.8. The molecule has 0 spiro atoms. The Labute approximate surface area is 206 Å². The van der Waals surface area contributed by atoms with Crippen molar-refractivity contribution in [3.05, 3.63) is 39.9 Å². The van der Waals surface area contributed by atoms with Crippen LogP contribution in [-0.4, -0.2) is 56.7 Å². The van der Waals surface area contributed by atoms with E-state index in [1.165, 1.54) is 48.7 Å². The molecule has 5 nitrogen and oxygen atoms in total. The fourth-order valence-electron chi connectivity index (χ4n) is 4.29. The Kier molecular flexibility index (Phi) is 9.73. The van der Waals surface area contributed by atoms with Crippen LogP contribution in [0.15, 0.2) is 40.0 Å². The second-order valence-electron chi connectivity index (χ2n) is 8.11. The molecule has 2 aromatic rings. The van der Waals surface area contributed by atoms with E-state index in [9.17, 15) is 0 Å². The number of aliphatic imine (C=N–C) groups is 1. The summed E-state index contributed by atoms with van der Waals surface area (Å²) in [4.78, 5) is 11.1. The molecular formula is C22H34IN5S2. The van der Waals surface area contributed by atoms with Crippen LogP contribution in [0.2, 0.25) is 0 Å². The minimum Gasteiger partial charge on any atom is -0.363 e. The van der Waals surface area contributed by atoms with Crippen LogP contribution in [0.3, 0.4) is 0 Å². The normalized spacial score (nSPS) is 19.5. The molecule has 0 saturated carbocycles. The number of guanidine groups is 1. The highest BCUT2D eigenvalue weighted by molar-refractivity contribution is 14.0. The van der Waals surface area contributed by atoms with Crippen molar-refractivity contribution < 1.29 is 0 Å². The molecule has 0 radical (unpaired) electrons. The maximum Gasteiger partial charge on any atom is 0.191 e. The lowest BCUT2D eigenvalue weighted by atomic mass is 9.97. The van der Waals surface area contributed by atoms with E-state index >= 15 is 0 Å². The first-order valence-corrected chi connectivity index (χ1v) is 12.6. The van der Waals surface area contributed by atoms with Crippen LogP contribution in [0.25, 0.3) is 0 Å². The van der Waals surface area contributed by atoms with Gasteiger partial charge in [-0.2, -0.15) is 0 Å². The summed E-state index contributed by atoms with van der Waals surface area (Å²) in [6.07, 6.45) is 4.88. The number of piperidine rings is 2. The third kappa shape index (κ3) is 6.83. The maximum atomic E-state index is 4.47. The summed E-state index contributed by atoms with van der Waals surface area (Å²) < 4.78 is 0. The molecule has 0 aromatic carbocycles. The monoisotopic (exact) mass is 559 g/mol. The zero-order valence-corrected chi connectivity index (χ0v) is 21.7. The Hall–Kier alpha value is -0.840. The first kappa shape index (κ1) is 23.8. The van der Waals surface area contributed by atoms with E-state index in [0.717, 1.165) is 38.1 Å². The van der Waals surface area contributed by atoms with E-state index < -0.39 is 0 Å². The minimum atomic E-state index is 0. The summed E-state index contributed by atoms with van der Waals surface area (Å²) in [5, 5.41) is 13.0. The molecule has 0 atom stereocenters. The first-order chi connectivity index (χ1) is 14.3. The fraction of sp³-hybridized carbons (Fsp3) is 0.591. The highest BCUT2D eigenvalue weighted by atomic mass is 127. The van der Waals surface area contributed by atoms with Gasteiger partial charge in [-0.3, -0.25) is 9.89 Å². The summed E-state index contributed by atoms with van der Waals surface area (Å²) in [7, 11) is 1.89. The van der Waals surface area contributed by atoms with Gasteiger partial charge in [0.2, 0.25) is 0 Å². The molecule has 2 fully saturated rings. The van der Waals surface area contributed by atoms with Crippen LogP contribution in [0, 0.1) is 5.92 Å². The predicted octanol–water partition coefficient (Wildman–Crippen LogP) is 4.47. The van der Waals surface area contributed by atoms with Crippen LogP contribution in [0.5, 0.6) is 0 Å². The number of halogens is 1. The SMILES string of the molecule is CN=C(NCC1CCN(Cc2cccs2)CC1)NC1CCN(c2cccs2)CC1.I. The molecule has 2 aliphatic heterocycles. The molecule has 0 unspecified atom stereocenters. The average Bonchev–Trinajstić information content (AvgIpc) is 3.47. The number of nitrogens with zero attached hydrogens (tertiary/aromatic N) is 3. The van der Waals surface area contributed by atoms with Crippen LogP contribution < -0.4 is 15.5 Å². The number of hydrogen-bond donors (Lipinski definition) is 2. The quantitative estimate of drug-likeness (QED) is 0.312. The summed E-state index contributed by atoms with van der Waals surface area (Å²) in [5.74, 6) is 1.72. The zero-order chi connectivity index (χ0) is 19.9. The highest BCUT2D eigenvalue weighted by Crippen LogP contribution is 2.25. The number of anilines is 1. The van der Waals surface area contributed by atoms with Gasteiger partial charge in [-0.15, -0.1) is 46.7 Å². The lowest BCUT2D eigenvalue weighted by Crippen LogP contribution is -2.49. The molecule has 0 amide bonds. The molecule has 2 aromatic heterocycles. The molecule has 4 heterocycles. The van der Waals surface area contributed by atoms with Gasteiger partial charge >= 0.3 is 0 Å². The summed E-state index contributed by atoms with van der Waals surface area (Å²) in [6, 6.07) is 9.29. The molecule has 8 heteroatoms. The van der Waals surface area contributed by atoms with Crippen LogP contribution in [0.4, 0.5) is 5.00 Å². The Morgan fingerprint density at radius 3 is 2.40 bits per heavy atom. The minimum absolute atomic E-state index is 0. The van der Waals surface area contributed by atoms with E-state index in [0.29, 0.717) is 6.04 Å². The molecule has 4 rings (SSSR count). The van der Waals surface area contributed by atoms with Crippen molar-refractivity contribution in [3.8, 4) is 0 Å². The molecule has 30 heavy (non-hydrogen) atoms. The van der Waals surface area contributed by atoms with E-state index in [2.05, 4.69) is 60.5 Å². The van der Waals surface area contributed by atoms with Crippen molar-refractivity contribution in [2.24, 2.45) is 10.9 Å². The van der Waals surface area contributed by atoms with Gasteiger partial charge in [0.1, 0.15) is 0 Å². The van der Waals surface area contributed by atoms with E-state index in [4.69, 9.17) is 0 Å². The lowest BCUT2D eigenvalue weighted by molar-refractivity contribution is 0.179. The van der Waals surface area contributed by atoms with Crippen molar-refractivity contribution in [1.82, 2.24) is 15.5 Å². The number of thiophene rings is 2. The topological polar surface area (TPSA) is 42.9 Å². The summed E-state index contributed by atoms with van der Waals surface area (Å²) >= 11 is 3.71. The maximum absolute atomic E-state index is 4.47. The zero-order valence-electron chi connectivity index (χ0n) is 17.8. The Bertz CT molecular complexity index is 734. The second-order valence-corrected chi connectivity index (χ2v) is 10.1. The largest absolute Gasteiger partial charge is 0.363 e. The van der Waals surface area contributed by atoms with Gasteiger partial charge in [0.15, 0.2) is 5.96 Å². The van der Waals surface area contributed by atoms with Gasteiger partial charge in [0.05, 0.1) is 5.00 Å². The van der Waals surface area contributed by atoms with Gasteiger partial charge in [-0.25, -0.2) is 0 Å². The smallest absolute Gasteiger partial charge is 0.191 e. The van der Waals surface area contributed by atoms with Gasteiger partial charge in [-0.1, -0.05) is 6.07 Å². The van der Waals surface area contributed by atoms with Crippen LogP contribution in [-0.2, 0) is 6.54 Å². The Morgan fingerprint density at radius 2 is 1.77 bits per heavy atom. The summed E-state index contributed by atoms with van der Waals surface area (Å²) in [5.41, 5.74) is 0. The van der Waals surface area contributed by atoms with Gasteiger partial charge in [0.25, 0.3) is 0 Å². The standard InChI is InChI=1S/C22H33N5S2.HI/c1-23-22(25-19-8-12-27(13-9-19)21-5-3-15-29-21)24-16-18-6-10-26(11-7-18)17-20-4-2-14-28-20;/h2-5,14-15,18-19H,6-13,16-17H2,1H3,(H2,23,24,25);1H. The molecular weight excluding hydrogens is 525 g/mol. The fourth-order valence-corrected chi connectivity index (χ4v) is 5.83. The van der Waals surface area contributed by atoms with Crippen molar-refractivity contribution in [2.45, 2.75) is 38.3 Å². The predicted molar refractivity (Wildman–Crippen MR) is 142 cm³/mol. The van der Waals surface area contributed by atoms with Crippen LogP contribution in [0.1, 0.15) is 30.6 Å². The number of rotatable bonds is 6. The molecule has 2 aliphatic rings. The molecule has 0 aliphatic carbocycles. The number of nitrogens with one attached hydrogen (secondary N) is 2. The number of likely N-dealkylation sites (tertiary alicyclic amines) is 1. The highest BCUT2D eigenvalue weighted by Gasteiger charge is 2.22. The van der Waals surface area contributed by atoms with Crippen LogP contribution >= 0.6 is 46.7 Å². The molecule has 2 N–H and O–H groups in total. The van der Waals surface area contributed by atoms with Gasteiger partial charge in [-0.05, 0) is 73.6 Å². The third-order valence-electron chi connectivity index (χ3n) is 6.10. The van der Waals surface area contributed by atoms with Crippen molar-refractivity contribution in [1.29, 1.82) is 0 Å². The van der Waals surface area contributed by atoms with E-state index in [1.807, 2.05) is 29.7 Å². The Morgan fingerprint density at radius 1 is 1.03 bits per heavy atom. The molecule has 166 valence electrons.